The van der Waals surface area contributed by atoms with E-state index in [9.17, 15) is 29.1 Å². The fraction of sp³-hybridized carbons (Fsp3) is 0.417. The Balaban J connectivity index is 0.686. The maximum absolute atomic E-state index is 14.1. The zero-order chi connectivity index (χ0) is 55.2. The number of amides is 5. The molecular weight excluding hydrogens is 1000 g/mol. The first kappa shape index (κ1) is 56.8. The summed E-state index contributed by atoms with van der Waals surface area (Å²) in [6, 6.07) is 25.2. The van der Waals surface area contributed by atoms with Gasteiger partial charge in [0, 0.05) is 106 Å². The van der Waals surface area contributed by atoms with Gasteiger partial charge < -0.3 is 36.2 Å². The number of hydrogen-bond donors (Lipinski definition) is 5. The summed E-state index contributed by atoms with van der Waals surface area (Å²) in [6.45, 7) is 13.5. The summed E-state index contributed by atoms with van der Waals surface area (Å²) in [7, 11) is 0. The van der Waals surface area contributed by atoms with Gasteiger partial charge in [-0.3, -0.25) is 33.9 Å². The normalized spacial score (nSPS) is 16.1. The molecule has 2 aliphatic rings. The van der Waals surface area contributed by atoms with Crippen LogP contribution >= 0.6 is 11.3 Å². The van der Waals surface area contributed by atoms with E-state index >= 15 is 0 Å². The Morgan fingerprint density at radius 3 is 2.21 bits per heavy atom. The number of likely N-dealkylation sites (tertiary alicyclic amines) is 1. The van der Waals surface area contributed by atoms with E-state index in [0.29, 0.717) is 43.1 Å². The van der Waals surface area contributed by atoms with Crippen LogP contribution in [0.15, 0.2) is 109 Å². The number of aliphatic hydroxyl groups excluding tert-OH is 1. The van der Waals surface area contributed by atoms with Gasteiger partial charge in [-0.15, -0.1) is 11.3 Å². The Kier molecular flexibility index (Phi) is 19.5. The first-order valence-corrected chi connectivity index (χ1v) is 28.0. The number of nitrogens with zero attached hydrogens (tertiary/aromatic N) is 7. The predicted octanol–water partition coefficient (Wildman–Crippen LogP) is 8.85. The molecule has 5 heterocycles. The number of benzene rings is 3. The molecule has 410 valence electrons. The molecule has 5 amide bonds. The molecule has 3 atom stereocenters. The molecule has 6 aromatic rings. The molecule has 17 nitrogen and oxygen atoms in total. The van der Waals surface area contributed by atoms with Crippen LogP contribution < -0.4 is 21.3 Å². The number of pyridine rings is 1. The van der Waals surface area contributed by atoms with Crippen LogP contribution in [0, 0.1) is 19.3 Å². The minimum atomic E-state index is -0.871. The maximum Gasteiger partial charge on any atom is 0.255 e. The van der Waals surface area contributed by atoms with Crippen LogP contribution in [0.1, 0.15) is 111 Å². The number of carbonyl (C=O) groups excluding carboxylic acids is 5. The Morgan fingerprint density at radius 1 is 0.795 bits per heavy atom. The highest BCUT2D eigenvalue weighted by Crippen LogP contribution is 2.30. The molecule has 8 rings (SSSR count). The molecule has 78 heavy (non-hydrogen) atoms. The number of aryl methyl sites for hydroxylation is 2. The number of aliphatic hydroxyl groups is 1. The fourth-order valence-electron chi connectivity index (χ4n) is 9.87. The van der Waals surface area contributed by atoms with E-state index in [-0.39, 0.29) is 55.5 Å². The van der Waals surface area contributed by atoms with Crippen molar-refractivity contribution >= 4 is 58.2 Å². The van der Waals surface area contributed by atoms with E-state index in [1.165, 1.54) is 4.90 Å². The highest BCUT2D eigenvalue weighted by molar-refractivity contribution is 7.13. The highest BCUT2D eigenvalue weighted by atomic mass is 32.1. The second-order valence-electron chi connectivity index (χ2n) is 21.5. The molecule has 3 aromatic carbocycles. The second-order valence-corrected chi connectivity index (χ2v) is 22.4. The molecule has 0 spiro atoms. The topological polar surface area (TPSA) is 215 Å². The molecule has 18 heteroatoms. The molecule has 2 saturated heterocycles. The highest BCUT2D eigenvalue weighted by Gasteiger charge is 2.44. The molecule has 0 unspecified atom stereocenters. The molecule has 0 radical (unpaired) electrons. The molecule has 0 bridgehead atoms. The Morgan fingerprint density at radius 2 is 1.51 bits per heavy atom. The number of nitrogens with one attached hydrogen (secondary N) is 4. The number of rotatable bonds is 22. The number of anilines is 3. The van der Waals surface area contributed by atoms with Crippen LogP contribution in [0.4, 0.5) is 17.3 Å². The van der Waals surface area contributed by atoms with E-state index in [1.54, 1.807) is 29.9 Å². The van der Waals surface area contributed by atoms with E-state index in [2.05, 4.69) is 46.1 Å². The molecular formula is C60H73N11O6S. The molecule has 5 N–H and O–H groups in total. The lowest BCUT2D eigenvalue weighted by atomic mass is 9.85. The van der Waals surface area contributed by atoms with Gasteiger partial charge in [-0.1, -0.05) is 88.9 Å². The molecule has 2 fully saturated rings. The Labute approximate surface area is 461 Å². The molecule has 0 aliphatic carbocycles. The summed E-state index contributed by atoms with van der Waals surface area (Å²) in [6.07, 6.45) is 10.4. The van der Waals surface area contributed by atoms with E-state index in [1.807, 2.05) is 130 Å². The van der Waals surface area contributed by atoms with Gasteiger partial charge in [0.1, 0.15) is 12.1 Å². The number of β-amino-alcohol motifs (C(OH)–C–C–N with tert-alkyl or cyclic N) is 1. The third kappa shape index (κ3) is 15.6. The zero-order valence-electron chi connectivity index (χ0n) is 45.5. The minimum absolute atomic E-state index is 0.0205. The van der Waals surface area contributed by atoms with E-state index in [4.69, 9.17) is 0 Å². The van der Waals surface area contributed by atoms with Crippen LogP contribution in [0.2, 0.25) is 0 Å². The van der Waals surface area contributed by atoms with Crippen molar-refractivity contribution in [3.05, 3.63) is 137 Å². The molecule has 0 saturated carbocycles. The summed E-state index contributed by atoms with van der Waals surface area (Å²) >= 11 is 1.58. The Hall–Kier alpha value is -7.41. The number of thiazole rings is 1. The summed E-state index contributed by atoms with van der Waals surface area (Å²) in [4.78, 5) is 91.6. The van der Waals surface area contributed by atoms with Gasteiger partial charge in [-0.05, 0) is 96.8 Å². The monoisotopic (exact) mass is 1080 g/mol. The average Bonchev–Trinajstić information content (AvgIpc) is 4.07. The molecule has 3 aromatic heterocycles. The summed E-state index contributed by atoms with van der Waals surface area (Å²) in [5, 5.41) is 22.8. The lowest BCUT2D eigenvalue weighted by Crippen LogP contribution is -2.57. The van der Waals surface area contributed by atoms with Gasteiger partial charge >= 0.3 is 0 Å². The van der Waals surface area contributed by atoms with Crippen molar-refractivity contribution in [2.24, 2.45) is 5.41 Å². The maximum atomic E-state index is 14.1. The van der Waals surface area contributed by atoms with Gasteiger partial charge in [0.05, 0.1) is 27.9 Å². The van der Waals surface area contributed by atoms with Gasteiger partial charge in [-0.25, -0.2) is 15.0 Å². The number of unbranched alkanes of at least 4 members (excludes halogenated alkanes) is 5. The lowest BCUT2D eigenvalue weighted by molar-refractivity contribution is -0.144. The molecule has 2 aliphatic heterocycles. The van der Waals surface area contributed by atoms with Gasteiger partial charge in [-0.2, -0.15) is 0 Å². The number of piperazine rings is 1. The Bertz CT molecular complexity index is 2990. The van der Waals surface area contributed by atoms with Crippen LogP contribution in [-0.4, -0.2) is 120 Å². The first-order chi connectivity index (χ1) is 37.6. The van der Waals surface area contributed by atoms with Crippen molar-refractivity contribution in [2.45, 2.75) is 124 Å². The number of carbonyl (C=O) groups is 5. The van der Waals surface area contributed by atoms with Crippen molar-refractivity contribution in [1.82, 2.24) is 45.3 Å². The lowest BCUT2D eigenvalue weighted by Gasteiger charge is -2.35. The standard InChI is InChI=1S/C60H73N11O6S/c1-40-16-25-47(33-50(40)67-59-62-28-26-49(66-59)46-13-12-27-61-36-46)65-56(75)45-23-19-43(20-24-45)37-69-29-31-70(32-30-69)53(74)15-11-9-7-6-8-10-14-52(73)68-55(60(3,4)5)58(77)71-38-48(72)34-51(71)57(76)63-35-42-17-21-44(22-18-42)54-41(2)64-39-78-54/h12-13,16-28,33,36,39,48,51,55,72H,6-11,14-15,29-32,34-35,37-38H2,1-5H3,(H,63,76)(H,65,75)(H,68,73)(H,62,66,67)/t48-,51+,55-/m1/s1. The smallest absolute Gasteiger partial charge is 0.255 e. The third-order valence-corrected chi connectivity index (χ3v) is 15.4. The average molecular weight is 1080 g/mol. The summed E-state index contributed by atoms with van der Waals surface area (Å²) in [5.74, 6) is -0.523. The second kappa shape index (κ2) is 26.8. The number of aromatic nitrogens is 4. The van der Waals surface area contributed by atoms with E-state index in [0.717, 1.165) is 102 Å². The fourth-order valence-corrected chi connectivity index (χ4v) is 10.7. The SMILES string of the molecule is Cc1ccc(NC(=O)c2ccc(CN3CCN(C(=O)CCCCCCCCC(=O)N[C@H](C(=O)N4C[C@H](O)C[C@H]4C(=O)NCc4ccc(-c5scnc5C)cc4)C(C)(C)C)CC3)cc2)cc1Nc1nccc(-c2cccnc2)n1. The zero-order valence-corrected chi connectivity index (χ0v) is 46.3. The minimum Gasteiger partial charge on any atom is -0.391 e. The number of hydrogen-bond acceptors (Lipinski definition) is 13. The van der Waals surface area contributed by atoms with Gasteiger partial charge in [0.25, 0.3) is 5.91 Å². The largest absolute Gasteiger partial charge is 0.391 e. The van der Waals surface area contributed by atoms with Crippen molar-refractivity contribution in [3.8, 4) is 21.7 Å². The summed E-state index contributed by atoms with van der Waals surface area (Å²) < 4.78 is 0. The van der Waals surface area contributed by atoms with Crippen LogP contribution in [0.3, 0.4) is 0 Å². The van der Waals surface area contributed by atoms with Crippen LogP contribution in [0.25, 0.3) is 21.7 Å². The van der Waals surface area contributed by atoms with Crippen molar-refractivity contribution in [2.75, 3.05) is 43.4 Å². The van der Waals surface area contributed by atoms with Crippen molar-refractivity contribution < 1.29 is 29.1 Å². The van der Waals surface area contributed by atoms with Crippen LogP contribution in [-0.2, 0) is 32.3 Å². The first-order valence-electron chi connectivity index (χ1n) is 27.1. The summed E-state index contributed by atoms with van der Waals surface area (Å²) in [5.41, 5.74) is 9.80. The van der Waals surface area contributed by atoms with E-state index < -0.39 is 23.6 Å². The van der Waals surface area contributed by atoms with Crippen molar-refractivity contribution in [1.29, 1.82) is 0 Å². The van der Waals surface area contributed by atoms with Crippen LogP contribution in [0.5, 0.6) is 0 Å². The third-order valence-electron chi connectivity index (χ3n) is 14.5. The van der Waals surface area contributed by atoms with Gasteiger partial charge in [0.2, 0.25) is 29.6 Å². The van der Waals surface area contributed by atoms with Gasteiger partial charge in [0.15, 0.2) is 0 Å². The predicted molar refractivity (Wildman–Crippen MR) is 305 cm³/mol. The van der Waals surface area contributed by atoms with Crippen molar-refractivity contribution in [3.63, 3.8) is 0 Å². The quantitative estimate of drug-likeness (QED) is 0.0403.